The standard InChI is InChI=1S/C23H26N4O3/c1-14-9-15(2)11-17(10-14)24-23(30)25-18-12-27(13-18)19-5-3-16(4-6-19)20-7-8-21(28)26-22(20)29/h3-6,9-11,18,20H,7-8,12-13H2,1-2H3,(H2,24,25,30)(H,26,28,29)/t20-/m0/s1. The lowest BCUT2D eigenvalue weighted by Crippen LogP contribution is -2.60. The number of benzene rings is 2. The number of carbonyl (C=O) groups excluding carboxylic acids is 3. The number of carbonyl (C=O) groups is 3. The van der Waals surface area contributed by atoms with Gasteiger partial charge in [0.1, 0.15) is 0 Å². The molecule has 1 atom stereocenters. The van der Waals surface area contributed by atoms with Crippen LogP contribution in [0.2, 0.25) is 0 Å². The Hall–Kier alpha value is -3.35. The van der Waals surface area contributed by atoms with Crippen LogP contribution in [-0.2, 0) is 9.59 Å². The van der Waals surface area contributed by atoms with Crippen LogP contribution in [0.5, 0.6) is 0 Å². The number of aryl methyl sites for hydroxylation is 2. The number of urea groups is 1. The molecule has 7 heteroatoms. The zero-order valence-electron chi connectivity index (χ0n) is 17.2. The first-order valence-corrected chi connectivity index (χ1v) is 10.2. The van der Waals surface area contributed by atoms with E-state index in [1.54, 1.807) is 0 Å². The summed E-state index contributed by atoms with van der Waals surface area (Å²) in [5, 5.41) is 8.30. The quantitative estimate of drug-likeness (QED) is 0.681. The van der Waals surface area contributed by atoms with Crippen LogP contribution in [0.25, 0.3) is 0 Å². The van der Waals surface area contributed by atoms with Crippen molar-refractivity contribution in [1.82, 2.24) is 10.6 Å². The van der Waals surface area contributed by atoms with Gasteiger partial charge in [-0.15, -0.1) is 0 Å². The average Bonchev–Trinajstić information content (AvgIpc) is 2.64. The molecule has 2 aliphatic heterocycles. The van der Waals surface area contributed by atoms with Gasteiger partial charge in [-0.2, -0.15) is 0 Å². The topological polar surface area (TPSA) is 90.5 Å². The maximum atomic E-state index is 12.3. The number of imide groups is 1. The minimum atomic E-state index is -0.267. The summed E-state index contributed by atoms with van der Waals surface area (Å²) in [6, 6.07) is 13.7. The van der Waals surface area contributed by atoms with Gasteiger partial charge in [0.15, 0.2) is 0 Å². The van der Waals surface area contributed by atoms with E-state index in [2.05, 4.69) is 26.9 Å². The molecule has 0 radical (unpaired) electrons. The van der Waals surface area contributed by atoms with E-state index in [1.165, 1.54) is 0 Å². The lowest BCUT2D eigenvalue weighted by atomic mass is 9.90. The van der Waals surface area contributed by atoms with E-state index in [1.807, 2.05) is 50.2 Å². The Labute approximate surface area is 175 Å². The van der Waals surface area contributed by atoms with Gasteiger partial charge >= 0.3 is 6.03 Å². The molecule has 0 spiro atoms. The highest BCUT2D eigenvalue weighted by molar-refractivity contribution is 6.01. The molecule has 2 aromatic carbocycles. The third kappa shape index (κ3) is 4.45. The Bertz CT molecular complexity index is 960. The minimum Gasteiger partial charge on any atom is -0.367 e. The molecule has 7 nitrogen and oxygen atoms in total. The van der Waals surface area contributed by atoms with E-state index in [4.69, 9.17) is 0 Å². The van der Waals surface area contributed by atoms with Gasteiger partial charge in [0.25, 0.3) is 0 Å². The first-order chi connectivity index (χ1) is 14.4. The Kier molecular flexibility index (Phi) is 5.44. The van der Waals surface area contributed by atoms with E-state index in [9.17, 15) is 14.4 Å². The summed E-state index contributed by atoms with van der Waals surface area (Å²) >= 11 is 0. The van der Waals surface area contributed by atoms with Gasteiger partial charge in [0.2, 0.25) is 11.8 Å². The van der Waals surface area contributed by atoms with Crippen molar-refractivity contribution in [2.75, 3.05) is 23.3 Å². The second-order valence-corrected chi connectivity index (χ2v) is 8.17. The fourth-order valence-electron chi connectivity index (χ4n) is 4.11. The molecule has 0 saturated carbocycles. The minimum absolute atomic E-state index is 0.0886. The van der Waals surface area contributed by atoms with Crippen LogP contribution in [0.15, 0.2) is 42.5 Å². The second kappa shape index (κ2) is 8.18. The monoisotopic (exact) mass is 406 g/mol. The molecule has 4 rings (SSSR count). The summed E-state index contributed by atoms with van der Waals surface area (Å²) in [7, 11) is 0. The Morgan fingerprint density at radius 3 is 2.33 bits per heavy atom. The number of amides is 4. The van der Waals surface area contributed by atoms with Crippen molar-refractivity contribution >= 4 is 29.2 Å². The van der Waals surface area contributed by atoms with E-state index in [0.29, 0.717) is 12.8 Å². The van der Waals surface area contributed by atoms with Gasteiger partial charge in [-0.25, -0.2) is 4.79 Å². The first-order valence-electron chi connectivity index (χ1n) is 10.2. The van der Waals surface area contributed by atoms with Gasteiger partial charge in [-0.3, -0.25) is 14.9 Å². The Morgan fingerprint density at radius 2 is 1.70 bits per heavy atom. The van der Waals surface area contributed by atoms with E-state index in [-0.39, 0.29) is 29.8 Å². The highest BCUT2D eigenvalue weighted by atomic mass is 16.2. The van der Waals surface area contributed by atoms with Crippen molar-refractivity contribution in [3.8, 4) is 0 Å². The van der Waals surface area contributed by atoms with Crippen LogP contribution in [0.4, 0.5) is 16.2 Å². The smallest absolute Gasteiger partial charge is 0.319 e. The Balaban J connectivity index is 1.27. The van der Waals surface area contributed by atoms with Crippen LogP contribution < -0.4 is 20.9 Å². The molecular formula is C23H26N4O3. The predicted octanol–water partition coefficient (Wildman–Crippen LogP) is 2.83. The first kappa shape index (κ1) is 19.9. The highest BCUT2D eigenvalue weighted by Gasteiger charge is 2.30. The Morgan fingerprint density at radius 1 is 1.03 bits per heavy atom. The average molecular weight is 406 g/mol. The van der Waals surface area contributed by atoms with Crippen LogP contribution in [0, 0.1) is 13.8 Å². The van der Waals surface area contributed by atoms with E-state index >= 15 is 0 Å². The second-order valence-electron chi connectivity index (χ2n) is 8.17. The van der Waals surface area contributed by atoms with Gasteiger partial charge in [-0.1, -0.05) is 18.2 Å². The number of anilines is 2. The molecule has 0 unspecified atom stereocenters. The maximum absolute atomic E-state index is 12.3. The zero-order valence-corrected chi connectivity index (χ0v) is 17.2. The molecule has 2 fully saturated rings. The summed E-state index contributed by atoms with van der Waals surface area (Å²) < 4.78 is 0. The van der Waals surface area contributed by atoms with Crippen molar-refractivity contribution in [1.29, 1.82) is 0 Å². The number of nitrogens with one attached hydrogen (secondary N) is 3. The van der Waals surface area contributed by atoms with Crippen molar-refractivity contribution in [3.05, 3.63) is 59.2 Å². The fourth-order valence-corrected chi connectivity index (χ4v) is 4.11. The summed E-state index contributed by atoms with van der Waals surface area (Å²) in [6.45, 7) is 5.48. The van der Waals surface area contributed by atoms with Gasteiger partial charge in [0, 0.05) is 30.9 Å². The molecular weight excluding hydrogens is 380 g/mol. The molecule has 3 N–H and O–H groups in total. The third-order valence-corrected chi connectivity index (χ3v) is 5.60. The number of piperidine rings is 1. The molecule has 156 valence electrons. The number of nitrogens with zero attached hydrogens (tertiary/aromatic N) is 1. The molecule has 4 amide bonds. The number of rotatable bonds is 4. The fraction of sp³-hybridized carbons (Fsp3) is 0.348. The molecule has 2 saturated heterocycles. The van der Waals surface area contributed by atoms with Crippen molar-refractivity contribution in [2.24, 2.45) is 0 Å². The largest absolute Gasteiger partial charge is 0.367 e. The number of hydrogen-bond donors (Lipinski definition) is 3. The van der Waals surface area contributed by atoms with Gasteiger partial charge < -0.3 is 15.5 Å². The van der Waals surface area contributed by atoms with Gasteiger partial charge in [0.05, 0.1) is 12.0 Å². The molecule has 2 aromatic rings. The van der Waals surface area contributed by atoms with Crippen LogP contribution >= 0.6 is 0 Å². The molecule has 0 aliphatic carbocycles. The van der Waals surface area contributed by atoms with Crippen LogP contribution in [0.1, 0.15) is 35.4 Å². The lowest BCUT2D eigenvalue weighted by Gasteiger charge is -2.41. The van der Waals surface area contributed by atoms with Crippen LogP contribution in [-0.4, -0.2) is 37.0 Å². The third-order valence-electron chi connectivity index (χ3n) is 5.60. The summed E-state index contributed by atoms with van der Waals surface area (Å²) in [6.07, 6.45) is 0.928. The molecule has 0 aromatic heterocycles. The summed E-state index contributed by atoms with van der Waals surface area (Å²) in [5.41, 5.74) is 5.00. The van der Waals surface area contributed by atoms with Crippen LogP contribution in [0.3, 0.4) is 0 Å². The van der Waals surface area contributed by atoms with E-state index < -0.39 is 0 Å². The predicted molar refractivity (Wildman–Crippen MR) is 116 cm³/mol. The molecule has 2 aliphatic rings. The molecule has 0 bridgehead atoms. The van der Waals surface area contributed by atoms with E-state index in [0.717, 1.165) is 41.2 Å². The normalized spacial score (nSPS) is 19.1. The zero-order chi connectivity index (χ0) is 21.3. The highest BCUT2D eigenvalue weighted by Crippen LogP contribution is 2.28. The number of hydrogen-bond acceptors (Lipinski definition) is 4. The maximum Gasteiger partial charge on any atom is 0.319 e. The van der Waals surface area contributed by atoms with Crippen molar-refractivity contribution in [2.45, 2.75) is 38.6 Å². The summed E-state index contributed by atoms with van der Waals surface area (Å²) in [4.78, 5) is 37.8. The molecule has 30 heavy (non-hydrogen) atoms. The SMILES string of the molecule is Cc1cc(C)cc(NC(=O)NC2CN(c3ccc([C@@H]4CCC(=O)NC4=O)cc3)C2)c1. The molecule has 2 heterocycles. The van der Waals surface area contributed by atoms with Gasteiger partial charge in [-0.05, 0) is 61.2 Å². The van der Waals surface area contributed by atoms with Crippen molar-refractivity contribution < 1.29 is 14.4 Å². The lowest BCUT2D eigenvalue weighted by molar-refractivity contribution is -0.134. The summed E-state index contributed by atoms with van der Waals surface area (Å²) in [5.74, 6) is -0.688. The van der Waals surface area contributed by atoms with Crippen molar-refractivity contribution in [3.63, 3.8) is 0 Å².